The molecule has 7 nitrogen and oxygen atoms in total. The largest absolute Gasteiger partial charge is 0.494 e. The van der Waals surface area contributed by atoms with Crippen LogP contribution in [0.4, 0.5) is 17.6 Å². The molecule has 0 atom stereocenters. The fourth-order valence-corrected chi connectivity index (χ4v) is 3.63. The van der Waals surface area contributed by atoms with Crippen LogP contribution in [0.3, 0.4) is 0 Å². The Balaban J connectivity index is 1.72. The van der Waals surface area contributed by atoms with Gasteiger partial charge in [0.25, 0.3) is 5.91 Å². The number of amides is 1. The van der Waals surface area contributed by atoms with Crippen LogP contribution in [0, 0.1) is 12.7 Å². The van der Waals surface area contributed by atoms with Gasteiger partial charge in [-0.15, -0.1) is 0 Å². The lowest BCUT2D eigenvalue weighted by Crippen LogP contribution is -2.25. The molecule has 0 radical (unpaired) electrons. The van der Waals surface area contributed by atoms with Crippen LogP contribution < -0.4 is 15.8 Å². The molecule has 2 aromatic heterocycles. The first kappa shape index (κ1) is 24.1. The van der Waals surface area contributed by atoms with Crippen LogP contribution >= 0.6 is 0 Å². The minimum atomic E-state index is -4.65. The highest BCUT2D eigenvalue weighted by atomic mass is 19.4. The van der Waals surface area contributed by atoms with Crippen LogP contribution in [0.15, 0.2) is 46.9 Å². The first-order valence-corrected chi connectivity index (χ1v) is 10.4. The molecule has 4 rings (SSSR count). The maximum Gasteiger partial charge on any atom is 0.433 e. The van der Waals surface area contributed by atoms with Crippen molar-refractivity contribution in [3.8, 4) is 17.2 Å². The number of oxazole rings is 1. The first-order chi connectivity index (χ1) is 16.6. The lowest BCUT2D eigenvalue weighted by Gasteiger charge is -2.11. The predicted octanol–water partition coefficient (Wildman–Crippen LogP) is 4.75. The van der Waals surface area contributed by atoms with Crippen LogP contribution in [-0.4, -0.2) is 23.0 Å². The number of methoxy groups -OCH3 is 1. The van der Waals surface area contributed by atoms with E-state index in [0.29, 0.717) is 16.7 Å². The number of alkyl halides is 3. The van der Waals surface area contributed by atoms with Gasteiger partial charge in [0.1, 0.15) is 22.8 Å². The summed E-state index contributed by atoms with van der Waals surface area (Å²) in [6.45, 7) is 1.47. The number of halogens is 4. The van der Waals surface area contributed by atoms with Gasteiger partial charge in [-0.05, 0) is 42.8 Å². The summed E-state index contributed by atoms with van der Waals surface area (Å²) in [5, 5.41) is 2.88. The zero-order valence-electron chi connectivity index (χ0n) is 18.7. The molecule has 182 valence electrons. The molecule has 0 aliphatic rings. The van der Waals surface area contributed by atoms with Crippen molar-refractivity contribution in [3.05, 3.63) is 76.6 Å². The molecule has 0 spiro atoms. The zero-order chi connectivity index (χ0) is 25.3. The highest BCUT2D eigenvalue weighted by Gasteiger charge is 2.33. The molecule has 0 fully saturated rings. The van der Waals surface area contributed by atoms with Gasteiger partial charge in [-0.2, -0.15) is 13.2 Å². The molecular formula is C24H20F4N4O3. The summed E-state index contributed by atoms with van der Waals surface area (Å²) in [6, 6.07) is 9.61. The first-order valence-electron chi connectivity index (χ1n) is 10.4. The van der Waals surface area contributed by atoms with E-state index in [4.69, 9.17) is 14.9 Å². The second-order valence-corrected chi connectivity index (χ2v) is 7.62. The van der Waals surface area contributed by atoms with E-state index in [9.17, 15) is 22.4 Å². The molecule has 11 heteroatoms. The van der Waals surface area contributed by atoms with Crippen molar-refractivity contribution in [1.82, 2.24) is 15.3 Å². The Morgan fingerprint density at radius 3 is 2.57 bits per heavy atom. The van der Waals surface area contributed by atoms with Gasteiger partial charge in [0.15, 0.2) is 11.5 Å². The topological polar surface area (TPSA) is 103 Å². The Kier molecular flexibility index (Phi) is 6.44. The number of pyridine rings is 1. The molecule has 0 aliphatic carbocycles. The molecule has 0 aliphatic heterocycles. The molecule has 4 aromatic rings. The number of carbonyl (C=O) groups excluding carboxylic acids is 1. The van der Waals surface area contributed by atoms with Gasteiger partial charge in [0.05, 0.1) is 13.7 Å². The third-order valence-corrected chi connectivity index (χ3v) is 5.44. The summed E-state index contributed by atoms with van der Waals surface area (Å²) in [6.07, 6.45) is -4.65. The third kappa shape index (κ3) is 4.67. The number of nitrogens with two attached hydrogens (primary N) is 1. The molecular weight excluding hydrogens is 468 g/mol. The highest BCUT2D eigenvalue weighted by Crippen LogP contribution is 2.37. The van der Waals surface area contributed by atoms with Gasteiger partial charge in [0.2, 0.25) is 5.89 Å². The molecule has 35 heavy (non-hydrogen) atoms. The van der Waals surface area contributed by atoms with Crippen molar-refractivity contribution in [3.63, 3.8) is 0 Å². The molecule has 0 saturated heterocycles. The molecule has 0 saturated carbocycles. The van der Waals surface area contributed by atoms with E-state index in [1.54, 1.807) is 19.1 Å². The van der Waals surface area contributed by atoms with E-state index in [0.717, 1.165) is 6.07 Å². The molecule has 2 heterocycles. The van der Waals surface area contributed by atoms with Crippen LogP contribution in [0.1, 0.15) is 33.1 Å². The van der Waals surface area contributed by atoms with Gasteiger partial charge in [-0.1, -0.05) is 12.1 Å². The molecule has 0 bridgehead atoms. The van der Waals surface area contributed by atoms with Crippen molar-refractivity contribution in [2.24, 2.45) is 5.73 Å². The molecule has 1 amide bonds. The molecule has 3 N–H and O–H groups in total. The summed E-state index contributed by atoms with van der Waals surface area (Å²) >= 11 is 0. The van der Waals surface area contributed by atoms with Crippen LogP contribution in [0.5, 0.6) is 5.75 Å². The number of hydrogen-bond donors (Lipinski definition) is 2. The van der Waals surface area contributed by atoms with Gasteiger partial charge in [0, 0.05) is 23.1 Å². The summed E-state index contributed by atoms with van der Waals surface area (Å²) < 4.78 is 64.5. The number of aryl methyl sites for hydroxylation is 1. The predicted molar refractivity (Wildman–Crippen MR) is 119 cm³/mol. The Bertz CT molecular complexity index is 1400. The second kappa shape index (κ2) is 9.34. The number of hydrogen-bond acceptors (Lipinski definition) is 6. The Morgan fingerprint density at radius 1 is 1.14 bits per heavy atom. The number of ether oxygens (including phenoxy) is 1. The van der Waals surface area contributed by atoms with Crippen LogP contribution in [0.25, 0.3) is 22.4 Å². The lowest BCUT2D eigenvalue weighted by atomic mass is 10.1. The summed E-state index contributed by atoms with van der Waals surface area (Å²) in [4.78, 5) is 20.8. The number of fused-ring (bicyclic) bond motifs is 1. The minimum absolute atomic E-state index is 0.0353. The number of carbonyl (C=O) groups is 1. The smallest absolute Gasteiger partial charge is 0.433 e. The second-order valence-electron chi connectivity index (χ2n) is 7.62. The monoisotopic (exact) mass is 488 g/mol. The number of nitrogens with one attached hydrogen (secondary N) is 1. The van der Waals surface area contributed by atoms with Gasteiger partial charge in [-0.25, -0.2) is 14.4 Å². The standard InChI is InChI=1S/C24H20F4N4O3/c1-12-4-3-5-16(25)15(12)11-30-22(33)21-18(10-29)35-23(32-21)14-6-8-17(34-2)20-13(14)7-9-19(31-20)24(26,27)28/h3-9H,10-11,29H2,1-2H3,(H,30,33). The fraction of sp³-hybridized carbons (Fsp3) is 0.208. The van der Waals surface area contributed by atoms with Crippen molar-refractivity contribution >= 4 is 16.8 Å². The average molecular weight is 488 g/mol. The van der Waals surface area contributed by atoms with Gasteiger partial charge in [-0.3, -0.25) is 4.79 Å². The molecule has 2 aromatic carbocycles. The average Bonchev–Trinajstić information content (AvgIpc) is 3.26. The number of benzene rings is 2. The van der Waals surface area contributed by atoms with E-state index >= 15 is 0 Å². The maximum absolute atomic E-state index is 14.1. The quantitative estimate of drug-likeness (QED) is 0.380. The van der Waals surface area contributed by atoms with E-state index < -0.39 is 23.6 Å². The van der Waals surface area contributed by atoms with E-state index in [1.807, 2.05) is 0 Å². The summed E-state index contributed by atoms with van der Waals surface area (Å²) in [7, 11) is 1.31. The third-order valence-electron chi connectivity index (χ3n) is 5.44. The summed E-state index contributed by atoms with van der Waals surface area (Å²) in [5.41, 5.74) is 5.77. The van der Waals surface area contributed by atoms with Crippen molar-refractivity contribution in [1.29, 1.82) is 0 Å². The van der Waals surface area contributed by atoms with Crippen LogP contribution in [0.2, 0.25) is 0 Å². The van der Waals surface area contributed by atoms with Gasteiger partial charge >= 0.3 is 6.18 Å². The summed E-state index contributed by atoms with van der Waals surface area (Å²) in [5.74, 6) is -0.948. The van der Waals surface area contributed by atoms with Crippen LogP contribution in [-0.2, 0) is 19.3 Å². The number of aromatic nitrogens is 2. The number of nitrogens with zero attached hydrogens (tertiary/aromatic N) is 2. The lowest BCUT2D eigenvalue weighted by molar-refractivity contribution is -0.140. The van der Waals surface area contributed by atoms with Gasteiger partial charge < -0.3 is 20.2 Å². The van der Waals surface area contributed by atoms with Crippen molar-refractivity contribution in [2.45, 2.75) is 26.2 Å². The van der Waals surface area contributed by atoms with E-state index in [1.165, 1.54) is 31.4 Å². The minimum Gasteiger partial charge on any atom is -0.494 e. The number of rotatable bonds is 6. The van der Waals surface area contributed by atoms with E-state index in [2.05, 4.69) is 15.3 Å². The fourth-order valence-electron chi connectivity index (χ4n) is 3.63. The maximum atomic E-state index is 14.1. The SMILES string of the molecule is COc1ccc(-c2nc(C(=O)NCc3c(C)cccc3F)c(CN)o2)c2ccc(C(F)(F)F)nc12. The van der Waals surface area contributed by atoms with Crippen molar-refractivity contribution < 1.29 is 31.5 Å². The van der Waals surface area contributed by atoms with Crippen molar-refractivity contribution in [2.75, 3.05) is 7.11 Å². The normalized spacial score (nSPS) is 11.6. The van der Waals surface area contributed by atoms with E-state index in [-0.39, 0.29) is 47.1 Å². The Morgan fingerprint density at radius 2 is 1.91 bits per heavy atom. The zero-order valence-corrected chi connectivity index (χ0v) is 18.7. The highest BCUT2D eigenvalue weighted by molar-refractivity contribution is 5.98. The Hall–Kier alpha value is -3.99. The Labute approximate surface area is 196 Å². The molecule has 0 unspecified atom stereocenters.